The van der Waals surface area contributed by atoms with Gasteiger partial charge in [-0.25, -0.2) is 9.97 Å². The number of fused-ring (bicyclic) bond motifs is 1. The minimum atomic E-state index is 0.399. The van der Waals surface area contributed by atoms with Crippen LogP contribution in [0.2, 0.25) is 0 Å². The van der Waals surface area contributed by atoms with E-state index in [9.17, 15) is 0 Å². The summed E-state index contributed by atoms with van der Waals surface area (Å²) in [6.45, 7) is 2.32. The van der Waals surface area contributed by atoms with Gasteiger partial charge in [0.1, 0.15) is 5.58 Å². The van der Waals surface area contributed by atoms with Gasteiger partial charge in [-0.15, -0.1) is 0 Å². The van der Waals surface area contributed by atoms with Gasteiger partial charge >= 0.3 is 0 Å². The molecule has 2 heterocycles. The SMILES string of the molecule is Cc1cc(CN)nc(-c2cc3ccccc3o2)n1. The van der Waals surface area contributed by atoms with Crippen molar-refractivity contribution in [1.29, 1.82) is 0 Å². The number of hydrogen-bond acceptors (Lipinski definition) is 4. The van der Waals surface area contributed by atoms with Gasteiger partial charge in [-0.05, 0) is 25.1 Å². The summed E-state index contributed by atoms with van der Waals surface area (Å²) in [5.41, 5.74) is 8.17. The third-order valence-electron chi connectivity index (χ3n) is 2.76. The van der Waals surface area contributed by atoms with E-state index in [1.165, 1.54) is 0 Å². The number of aryl methyl sites for hydroxylation is 1. The number of rotatable bonds is 2. The molecule has 0 atom stereocenters. The van der Waals surface area contributed by atoms with Gasteiger partial charge in [-0.3, -0.25) is 0 Å². The molecule has 0 radical (unpaired) electrons. The normalized spacial score (nSPS) is 11.0. The van der Waals surface area contributed by atoms with Crippen LogP contribution in [0.4, 0.5) is 0 Å². The summed E-state index contributed by atoms with van der Waals surface area (Å²) >= 11 is 0. The van der Waals surface area contributed by atoms with E-state index in [0.717, 1.165) is 22.4 Å². The fraction of sp³-hybridized carbons (Fsp3) is 0.143. The average molecular weight is 239 g/mol. The van der Waals surface area contributed by atoms with Gasteiger partial charge in [-0.1, -0.05) is 18.2 Å². The Morgan fingerprint density at radius 1 is 1.17 bits per heavy atom. The lowest BCUT2D eigenvalue weighted by atomic mass is 10.2. The number of hydrogen-bond donors (Lipinski definition) is 1. The van der Waals surface area contributed by atoms with Crippen LogP contribution in [0.15, 0.2) is 40.8 Å². The van der Waals surface area contributed by atoms with E-state index in [1.807, 2.05) is 43.3 Å². The molecule has 0 aliphatic heterocycles. The fourth-order valence-corrected chi connectivity index (χ4v) is 1.94. The molecule has 4 heteroatoms. The minimum absolute atomic E-state index is 0.399. The first-order valence-corrected chi connectivity index (χ1v) is 5.80. The van der Waals surface area contributed by atoms with Crippen molar-refractivity contribution in [3.63, 3.8) is 0 Å². The molecular weight excluding hydrogens is 226 g/mol. The number of furan rings is 1. The second-order valence-electron chi connectivity index (χ2n) is 4.18. The number of benzene rings is 1. The average Bonchev–Trinajstić information content (AvgIpc) is 2.81. The summed E-state index contributed by atoms with van der Waals surface area (Å²) in [4.78, 5) is 8.77. The molecule has 0 saturated carbocycles. The van der Waals surface area contributed by atoms with E-state index in [-0.39, 0.29) is 0 Å². The van der Waals surface area contributed by atoms with Crippen molar-refractivity contribution < 1.29 is 4.42 Å². The first kappa shape index (κ1) is 10.9. The van der Waals surface area contributed by atoms with Gasteiger partial charge in [0, 0.05) is 17.6 Å². The molecule has 0 saturated heterocycles. The maximum atomic E-state index is 5.74. The number of para-hydroxylation sites is 1. The fourth-order valence-electron chi connectivity index (χ4n) is 1.94. The molecule has 0 fully saturated rings. The Morgan fingerprint density at radius 3 is 2.78 bits per heavy atom. The van der Waals surface area contributed by atoms with Crippen LogP contribution < -0.4 is 5.73 Å². The first-order valence-electron chi connectivity index (χ1n) is 5.80. The van der Waals surface area contributed by atoms with Gasteiger partial charge in [0.25, 0.3) is 0 Å². The van der Waals surface area contributed by atoms with Crippen molar-refractivity contribution in [1.82, 2.24) is 9.97 Å². The van der Waals surface area contributed by atoms with E-state index in [4.69, 9.17) is 10.2 Å². The Bertz CT molecular complexity index is 670. The van der Waals surface area contributed by atoms with Gasteiger partial charge < -0.3 is 10.2 Å². The molecule has 0 unspecified atom stereocenters. The Kier molecular flexibility index (Phi) is 2.57. The minimum Gasteiger partial charge on any atom is -0.453 e. The quantitative estimate of drug-likeness (QED) is 0.746. The molecule has 3 rings (SSSR count). The molecular formula is C14H13N3O. The molecule has 90 valence electrons. The van der Waals surface area contributed by atoms with E-state index < -0.39 is 0 Å². The van der Waals surface area contributed by atoms with Gasteiger partial charge in [-0.2, -0.15) is 0 Å². The van der Waals surface area contributed by atoms with E-state index >= 15 is 0 Å². The molecule has 4 nitrogen and oxygen atoms in total. The van der Waals surface area contributed by atoms with Crippen LogP contribution >= 0.6 is 0 Å². The maximum Gasteiger partial charge on any atom is 0.196 e. The van der Waals surface area contributed by atoms with Crippen molar-refractivity contribution in [3.8, 4) is 11.6 Å². The lowest BCUT2D eigenvalue weighted by molar-refractivity contribution is 0.624. The van der Waals surface area contributed by atoms with E-state index in [2.05, 4.69) is 9.97 Å². The third kappa shape index (κ3) is 1.87. The molecule has 0 amide bonds. The molecule has 18 heavy (non-hydrogen) atoms. The Morgan fingerprint density at radius 2 is 2.00 bits per heavy atom. The summed E-state index contributed by atoms with van der Waals surface area (Å²) in [6, 6.07) is 11.7. The van der Waals surface area contributed by atoms with Gasteiger partial charge in [0.15, 0.2) is 11.6 Å². The van der Waals surface area contributed by atoms with Crippen molar-refractivity contribution in [2.75, 3.05) is 0 Å². The maximum absolute atomic E-state index is 5.74. The first-order chi connectivity index (χ1) is 8.76. The van der Waals surface area contributed by atoms with Crippen molar-refractivity contribution >= 4 is 11.0 Å². The van der Waals surface area contributed by atoms with Crippen LogP contribution in [-0.4, -0.2) is 9.97 Å². The van der Waals surface area contributed by atoms with Gasteiger partial charge in [0.2, 0.25) is 0 Å². The van der Waals surface area contributed by atoms with Crippen LogP contribution in [0.3, 0.4) is 0 Å². The zero-order valence-electron chi connectivity index (χ0n) is 10.1. The lowest BCUT2D eigenvalue weighted by Gasteiger charge is -2.01. The summed E-state index contributed by atoms with van der Waals surface area (Å²) in [7, 11) is 0. The summed E-state index contributed by atoms with van der Waals surface area (Å²) < 4.78 is 5.74. The van der Waals surface area contributed by atoms with E-state index in [0.29, 0.717) is 18.1 Å². The number of nitrogens with zero attached hydrogens (tertiary/aromatic N) is 2. The number of aromatic nitrogens is 2. The molecule has 0 aliphatic rings. The van der Waals surface area contributed by atoms with E-state index in [1.54, 1.807) is 0 Å². The number of nitrogens with two attached hydrogens (primary N) is 1. The smallest absolute Gasteiger partial charge is 0.196 e. The van der Waals surface area contributed by atoms with Crippen molar-refractivity contribution in [2.45, 2.75) is 13.5 Å². The molecule has 0 spiro atoms. The summed E-state index contributed by atoms with van der Waals surface area (Å²) in [5, 5.41) is 1.05. The molecule has 2 aromatic heterocycles. The second kappa shape index (κ2) is 4.23. The largest absolute Gasteiger partial charge is 0.453 e. The zero-order valence-corrected chi connectivity index (χ0v) is 10.1. The Labute approximate surface area is 104 Å². The highest BCUT2D eigenvalue weighted by atomic mass is 16.3. The van der Waals surface area contributed by atoms with Crippen LogP contribution in [0.25, 0.3) is 22.6 Å². The van der Waals surface area contributed by atoms with Crippen molar-refractivity contribution in [3.05, 3.63) is 47.8 Å². The predicted molar refractivity (Wildman–Crippen MR) is 69.9 cm³/mol. The molecule has 3 aromatic rings. The standard InChI is InChI=1S/C14H13N3O/c1-9-6-11(8-15)17-14(16-9)13-7-10-4-2-3-5-12(10)18-13/h2-7H,8,15H2,1H3. The Balaban J connectivity index is 2.16. The lowest BCUT2D eigenvalue weighted by Crippen LogP contribution is -2.03. The van der Waals surface area contributed by atoms with Crippen LogP contribution in [0.1, 0.15) is 11.4 Å². The highest BCUT2D eigenvalue weighted by Crippen LogP contribution is 2.25. The third-order valence-corrected chi connectivity index (χ3v) is 2.76. The molecule has 0 bridgehead atoms. The summed E-state index contributed by atoms with van der Waals surface area (Å²) in [5.74, 6) is 1.27. The van der Waals surface area contributed by atoms with Crippen molar-refractivity contribution in [2.24, 2.45) is 5.73 Å². The molecule has 0 aliphatic carbocycles. The topological polar surface area (TPSA) is 64.9 Å². The van der Waals surface area contributed by atoms with Crippen LogP contribution in [0, 0.1) is 6.92 Å². The molecule has 2 N–H and O–H groups in total. The molecule has 1 aromatic carbocycles. The van der Waals surface area contributed by atoms with Crippen LogP contribution in [-0.2, 0) is 6.54 Å². The second-order valence-corrected chi connectivity index (χ2v) is 4.18. The zero-order chi connectivity index (χ0) is 12.5. The van der Waals surface area contributed by atoms with Gasteiger partial charge in [0.05, 0.1) is 5.69 Å². The van der Waals surface area contributed by atoms with Crippen LogP contribution in [0.5, 0.6) is 0 Å². The highest BCUT2D eigenvalue weighted by Gasteiger charge is 2.10. The Hall–Kier alpha value is -2.20. The monoisotopic (exact) mass is 239 g/mol. The predicted octanol–water partition coefficient (Wildman–Crippen LogP) is 2.66. The summed E-state index contributed by atoms with van der Waals surface area (Å²) in [6.07, 6.45) is 0. The highest BCUT2D eigenvalue weighted by molar-refractivity contribution is 5.81.